The van der Waals surface area contributed by atoms with Crippen LogP contribution in [0.5, 0.6) is 0 Å². The summed E-state index contributed by atoms with van der Waals surface area (Å²) in [5.41, 5.74) is 2.48. The van der Waals surface area contributed by atoms with Crippen LogP contribution < -0.4 is 10.6 Å². The summed E-state index contributed by atoms with van der Waals surface area (Å²) in [5, 5.41) is 6.78. The van der Waals surface area contributed by atoms with Crippen LogP contribution in [0.1, 0.15) is 28.8 Å². The highest BCUT2D eigenvalue weighted by atomic mass is 35.5. The fourth-order valence-corrected chi connectivity index (χ4v) is 2.32. The maximum atomic E-state index is 12.1. The lowest BCUT2D eigenvalue weighted by atomic mass is 10.2. The van der Waals surface area contributed by atoms with Gasteiger partial charge < -0.3 is 10.6 Å². The minimum Gasteiger partial charge on any atom is -0.322 e. The third kappa shape index (κ3) is 3.84. The largest absolute Gasteiger partial charge is 0.322 e. The number of hydrogen-bond acceptors (Lipinski definition) is 2. The fourth-order valence-electron chi connectivity index (χ4n) is 2.10. The number of nitrogens with one attached hydrogen (secondary N) is 2. The zero-order chi connectivity index (χ0) is 14.7. The molecule has 0 saturated heterocycles. The smallest absolute Gasteiger partial charge is 0.257 e. The molecule has 0 atom stereocenters. The molecule has 4 heteroatoms. The molecule has 0 bridgehead atoms. The first-order chi connectivity index (χ1) is 10.2. The van der Waals surface area contributed by atoms with Gasteiger partial charge in [0.2, 0.25) is 0 Å². The summed E-state index contributed by atoms with van der Waals surface area (Å²) < 4.78 is 0. The molecule has 1 aliphatic rings. The van der Waals surface area contributed by atoms with Gasteiger partial charge in [0.1, 0.15) is 0 Å². The second-order valence-corrected chi connectivity index (χ2v) is 5.69. The SMILES string of the molecule is O=C(Nc1ccc(CNC2CC2)cc1)c1ccccc1Cl. The molecule has 0 spiro atoms. The average molecular weight is 301 g/mol. The second kappa shape index (κ2) is 6.29. The van der Waals surface area contributed by atoms with Crippen molar-refractivity contribution < 1.29 is 4.79 Å². The highest BCUT2D eigenvalue weighted by Crippen LogP contribution is 2.20. The molecule has 1 saturated carbocycles. The number of halogens is 1. The van der Waals surface area contributed by atoms with Crippen LogP contribution in [0.15, 0.2) is 48.5 Å². The molecule has 3 rings (SSSR count). The number of rotatable bonds is 5. The lowest BCUT2D eigenvalue weighted by molar-refractivity contribution is 0.102. The van der Waals surface area contributed by atoms with E-state index >= 15 is 0 Å². The van der Waals surface area contributed by atoms with Gasteiger partial charge in [-0.1, -0.05) is 35.9 Å². The topological polar surface area (TPSA) is 41.1 Å². The van der Waals surface area contributed by atoms with Crippen LogP contribution in [-0.4, -0.2) is 11.9 Å². The Kier molecular flexibility index (Phi) is 4.23. The molecule has 0 aromatic heterocycles. The highest BCUT2D eigenvalue weighted by molar-refractivity contribution is 6.34. The maximum absolute atomic E-state index is 12.1. The minimum atomic E-state index is -0.190. The Morgan fingerprint density at radius 3 is 2.48 bits per heavy atom. The van der Waals surface area contributed by atoms with E-state index in [9.17, 15) is 4.79 Å². The van der Waals surface area contributed by atoms with E-state index in [1.165, 1.54) is 18.4 Å². The zero-order valence-corrected chi connectivity index (χ0v) is 12.4. The van der Waals surface area contributed by atoms with Crippen LogP contribution >= 0.6 is 11.6 Å². The molecule has 0 heterocycles. The molecule has 1 aliphatic carbocycles. The van der Waals surface area contributed by atoms with E-state index in [2.05, 4.69) is 10.6 Å². The van der Waals surface area contributed by atoms with Crippen molar-refractivity contribution in [2.24, 2.45) is 0 Å². The third-order valence-corrected chi connectivity index (χ3v) is 3.83. The van der Waals surface area contributed by atoms with Crippen molar-refractivity contribution in [2.75, 3.05) is 5.32 Å². The number of carbonyl (C=O) groups is 1. The Hall–Kier alpha value is -1.84. The van der Waals surface area contributed by atoms with E-state index in [4.69, 9.17) is 11.6 Å². The van der Waals surface area contributed by atoms with Gasteiger partial charge in [-0.3, -0.25) is 4.79 Å². The van der Waals surface area contributed by atoms with Crippen LogP contribution in [0.2, 0.25) is 5.02 Å². The van der Waals surface area contributed by atoms with Crippen molar-refractivity contribution in [3.05, 3.63) is 64.7 Å². The number of benzene rings is 2. The first-order valence-corrected chi connectivity index (χ1v) is 7.48. The number of anilines is 1. The van der Waals surface area contributed by atoms with Gasteiger partial charge >= 0.3 is 0 Å². The van der Waals surface area contributed by atoms with Crippen LogP contribution in [0, 0.1) is 0 Å². The Labute approximate surface area is 129 Å². The Morgan fingerprint density at radius 1 is 1.10 bits per heavy atom. The van der Waals surface area contributed by atoms with E-state index in [1.54, 1.807) is 24.3 Å². The Bertz CT molecular complexity index is 635. The molecular formula is C17H17ClN2O. The molecular weight excluding hydrogens is 284 g/mol. The number of hydrogen-bond donors (Lipinski definition) is 2. The summed E-state index contributed by atoms with van der Waals surface area (Å²) in [5.74, 6) is -0.190. The van der Waals surface area contributed by atoms with Gasteiger partial charge in [0.05, 0.1) is 10.6 Å². The minimum absolute atomic E-state index is 0.190. The van der Waals surface area contributed by atoms with Crippen molar-refractivity contribution in [3.63, 3.8) is 0 Å². The molecule has 2 N–H and O–H groups in total. The summed E-state index contributed by atoms with van der Waals surface area (Å²) in [7, 11) is 0. The number of amides is 1. The Morgan fingerprint density at radius 2 is 1.81 bits per heavy atom. The number of carbonyl (C=O) groups excluding carboxylic acids is 1. The lowest BCUT2D eigenvalue weighted by Crippen LogP contribution is -2.15. The van der Waals surface area contributed by atoms with Crippen molar-refractivity contribution in [1.82, 2.24) is 5.32 Å². The summed E-state index contributed by atoms with van der Waals surface area (Å²) in [4.78, 5) is 12.1. The molecule has 1 fully saturated rings. The predicted octanol–water partition coefficient (Wildman–Crippen LogP) is 3.84. The maximum Gasteiger partial charge on any atom is 0.257 e. The van der Waals surface area contributed by atoms with E-state index in [0.717, 1.165) is 12.2 Å². The normalized spacial score (nSPS) is 14.0. The van der Waals surface area contributed by atoms with Crippen molar-refractivity contribution >= 4 is 23.2 Å². The third-order valence-electron chi connectivity index (χ3n) is 3.50. The summed E-state index contributed by atoms with van der Waals surface area (Å²) in [6.45, 7) is 0.878. The second-order valence-electron chi connectivity index (χ2n) is 5.29. The summed E-state index contributed by atoms with van der Waals surface area (Å²) in [6, 6.07) is 15.6. The average Bonchev–Trinajstić information content (AvgIpc) is 3.31. The van der Waals surface area contributed by atoms with Crippen LogP contribution in [0.25, 0.3) is 0 Å². The molecule has 1 amide bonds. The zero-order valence-electron chi connectivity index (χ0n) is 11.6. The molecule has 0 radical (unpaired) electrons. The van der Waals surface area contributed by atoms with Gasteiger partial charge in [-0.2, -0.15) is 0 Å². The van der Waals surface area contributed by atoms with Crippen LogP contribution in [0.3, 0.4) is 0 Å². The van der Waals surface area contributed by atoms with Crippen LogP contribution in [0.4, 0.5) is 5.69 Å². The van der Waals surface area contributed by atoms with Crippen LogP contribution in [-0.2, 0) is 6.54 Å². The summed E-state index contributed by atoms with van der Waals surface area (Å²) in [6.07, 6.45) is 2.57. The molecule has 3 nitrogen and oxygen atoms in total. The van der Waals surface area contributed by atoms with Gasteiger partial charge in [0, 0.05) is 18.3 Å². The van der Waals surface area contributed by atoms with Crippen molar-refractivity contribution in [2.45, 2.75) is 25.4 Å². The summed E-state index contributed by atoms with van der Waals surface area (Å²) >= 11 is 6.02. The first kappa shape index (κ1) is 14.1. The van der Waals surface area contributed by atoms with E-state index in [0.29, 0.717) is 16.6 Å². The van der Waals surface area contributed by atoms with E-state index in [-0.39, 0.29) is 5.91 Å². The van der Waals surface area contributed by atoms with E-state index in [1.807, 2.05) is 24.3 Å². The quantitative estimate of drug-likeness (QED) is 0.881. The lowest BCUT2D eigenvalue weighted by Gasteiger charge is -2.08. The predicted molar refractivity (Wildman–Crippen MR) is 85.7 cm³/mol. The van der Waals surface area contributed by atoms with Gasteiger partial charge in [0.25, 0.3) is 5.91 Å². The molecule has 2 aromatic carbocycles. The highest BCUT2D eigenvalue weighted by Gasteiger charge is 2.19. The van der Waals surface area contributed by atoms with Crippen molar-refractivity contribution in [1.29, 1.82) is 0 Å². The fraction of sp³-hybridized carbons (Fsp3) is 0.235. The van der Waals surface area contributed by atoms with E-state index < -0.39 is 0 Å². The molecule has 0 unspecified atom stereocenters. The van der Waals surface area contributed by atoms with Gasteiger partial charge in [-0.15, -0.1) is 0 Å². The standard InChI is InChI=1S/C17H17ClN2O/c18-16-4-2-1-3-15(16)17(21)20-14-7-5-12(6-8-14)11-19-13-9-10-13/h1-8,13,19H,9-11H2,(H,20,21). The molecule has 0 aliphatic heterocycles. The molecule has 21 heavy (non-hydrogen) atoms. The molecule has 2 aromatic rings. The monoisotopic (exact) mass is 300 g/mol. The van der Waals surface area contributed by atoms with Gasteiger partial charge in [0.15, 0.2) is 0 Å². The van der Waals surface area contributed by atoms with Gasteiger partial charge in [-0.05, 0) is 42.7 Å². The van der Waals surface area contributed by atoms with Crippen molar-refractivity contribution in [3.8, 4) is 0 Å². The Balaban J connectivity index is 1.61. The van der Waals surface area contributed by atoms with Gasteiger partial charge in [-0.25, -0.2) is 0 Å². The molecule has 108 valence electrons. The first-order valence-electron chi connectivity index (χ1n) is 7.10.